The monoisotopic (exact) mass is 185 g/mol. The largest absolute Gasteiger partial charge is 0.330 e. The van der Waals surface area contributed by atoms with Crippen LogP contribution in [0.25, 0.3) is 0 Å². The highest BCUT2D eigenvalue weighted by Gasteiger charge is 2.26. The molecule has 0 bridgehead atoms. The zero-order chi connectivity index (χ0) is 10.4. The Kier molecular flexibility index (Phi) is 4.43. The second-order valence-corrected chi connectivity index (χ2v) is 1.89. The van der Waals surface area contributed by atoms with Gasteiger partial charge < -0.3 is 4.84 Å². The quantitative estimate of drug-likeness (QED) is 0.555. The molecule has 0 fully saturated rings. The van der Waals surface area contributed by atoms with Crippen molar-refractivity contribution in [1.82, 2.24) is 5.06 Å². The van der Waals surface area contributed by atoms with Crippen LogP contribution in [0.5, 0.6) is 0 Å². The minimum Gasteiger partial charge on any atom is -0.330 e. The van der Waals surface area contributed by atoms with Crippen molar-refractivity contribution in [3.63, 3.8) is 0 Å². The maximum atomic E-state index is 10.7. The topological polar surface area (TPSA) is 63.7 Å². The number of hydrogen-bond acceptors (Lipinski definition) is 4. The van der Waals surface area contributed by atoms with Gasteiger partial charge in [0.15, 0.2) is 0 Å². The van der Waals surface area contributed by atoms with Crippen molar-refractivity contribution in [2.45, 2.75) is 20.8 Å². The van der Waals surface area contributed by atoms with Crippen LogP contribution in [0.3, 0.4) is 0 Å². The van der Waals surface area contributed by atoms with Crippen LogP contribution in [0.1, 0.15) is 20.8 Å². The van der Waals surface area contributed by atoms with Crippen molar-refractivity contribution in [1.29, 1.82) is 0 Å². The number of nitrogens with zero attached hydrogens (tertiary/aromatic N) is 1. The third-order valence-corrected chi connectivity index (χ3v) is 0.989. The van der Waals surface area contributed by atoms with Crippen LogP contribution in [-0.2, 0) is 19.2 Å². The average molecular weight is 185 g/mol. The molecule has 0 aromatic heterocycles. The highest BCUT2D eigenvalue weighted by atomic mass is 16.7. The lowest BCUT2D eigenvalue weighted by molar-refractivity contribution is -0.194. The molecule has 1 aliphatic heterocycles. The molecule has 0 N–H and O–H groups in total. The van der Waals surface area contributed by atoms with E-state index in [1.165, 1.54) is 0 Å². The van der Waals surface area contributed by atoms with Gasteiger partial charge in [0.2, 0.25) is 0 Å². The molecule has 1 aliphatic rings. The molecule has 0 unspecified atom stereocenters. The van der Waals surface area contributed by atoms with E-state index in [1.54, 1.807) is 0 Å². The van der Waals surface area contributed by atoms with Gasteiger partial charge in [-0.25, -0.2) is 4.79 Å². The Balaban J connectivity index is 0.000000671. The van der Waals surface area contributed by atoms with Crippen LogP contribution in [0.2, 0.25) is 0 Å². The summed E-state index contributed by atoms with van der Waals surface area (Å²) in [6, 6.07) is 0. The SMILES string of the molecule is CC.CC(=O)ON1C(=O)C=CC1=O. The van der Waals surface area contributed by atoms with Crippen LogP contribution >= 0.6 is 0 Å². The summed E-state index contributed by atoms with van der Waals surface area (Å²) in [5, 5.41) is 0.405. The molecule has 0 saturated heterocycles. The number of imide groups is 1. The molecule has 0 saturated carbocycles. The summed E-state index contributed by atoms with van der Waals surface area (Å²) in [6.07, 6.45) is 2.07. The van der Waals surface area contributed by atoms with Gasteiger partial charge in [-0.05, 0) is 0 Å². The van der Waals surface area contributed by atoms with E-state index >= 15 is 0 Å². The van der Waals surface area contributed by atoms with Gasteiger partial charge in [-0.1, -0.05) is 18.9 Å². The third-order valence-electron chi connectivity index (χ3n) is 0.989. The first-order valence-electron chi connectivity index (χ1n) is 3.86. The van der Waals surface area contributed by atoms with E-state index in [9.17, 15) is 14.4 Å². The Morgan fingerprint density at radius 3 is 1.92 bits per heavy atom. The van der Waals surface area contributed by atoms with Gasteiger partial charge in [0, 0.05) is 19.1 Å². The molecule has 0 aromatic rings. The maximum Gasteiger partial charge on any atom is 0.330 e. The van der Waals surface area contributed by atoms with Gasteiger partial charge in [0.05, 0.1) is 0 Å². The third kappa shape index (κ3) is 3.06. The Bertz CT molecular complexity index is 239. The van der Waals surface area contributed by atoms with Crippen molar-refractivity contribution in [2.75, 3.05) is 0 Å². The maximum absolute atomic E-state index is 10.7. The van der Waals surface area contributed by atoms with E-state index < -0.39 is 17.8 Å². The normalized spacial score (nSPS) is 13.9. The summed E-state index contributed by atoms with van der Waals surface area (Å²) in [5.41, 5.74) is 0. The van der Waals surface area contributed by atoms with E-state index in [0.29, 0.717) is 5.06 Å². The summed E-state index contributed by atoms with van der Waals surface area (Å²) >= 11 is 0. The van der Waals surface area contributed by atoms with Gasteiger partial charge in [0.25, 0.3) is 11.8 Å². The summed E-state index contributed by atoms with van der Waals surface area (Å²) in [4.78, 5) is 35.9. The molecule has 2 amide bonds. The smallest absolute Gasteiger partial charge is 0.330 e. The Hall–Kier alpha value is -1.65. The van der Waals surface area contributed by atoms with Crippen molar-refractivity contribution in [3.05, 3.63) is 12.2 Å². The zero-order valence-corrected chi connectivity index (χ0v) is 7.73. The molecule has 1 heterocycles. The standard InChI is InChI=1S/C6H5NO4.C2H6/c1-4(8)11-7-5(9)2-3-6(7)10;1-2/h2-3H,1H3;1-2H3. The Labute approximate surface area is 75.9 Å². The highest BCUT2D eigenvalue weighted by Crippen LogP contribution is 2.03. The fourth-order valence-electron chi connectivity index (χ4n) is 0.605. The van der Waals surface area contributed by atoms with E-state index in [1.807, 2.05) is 13.8 Å². The summed E-state index contributed by atoms with van der Waals surface area (Å²) < 4.78 is 0. The molecular formula is C8H11NO4. The lowest BCUT2D eigenvalue weighted by Crippen LogP contribution is -2.31. The van der Waals surface area contributed by atoms with Crippen LogP contribution in [0, 0.1) is 0 Å². The Morgan fingerprint density at radius 2 is 1.62 bits per heavy atom. The summed E-state index contributed by atoms with van der Waals surface area (Å²) in [5.74, 6) is -1.97. The number of hydroxylamine groups is 2. The molecule has 5 heteroatoms. The highest BCUT2D eigenvalue weighted by molar-refractivity contribution is 6.12. The molecule has 0 radical (unpaired) electrons. The second-order valence-electron chi connectivity index (χ2n) is 1.89. The minimum atomic E-state index is -0.699. The zero-order valence-electron chi connectivity index (χ0n) is 7.73. The first kappa shape index (κ1) is 11.4. The molecule has 72 valence electrons. The predicted molar refractivity (Wildman–Crippen MR) is 44.1 cm³/mol. The molecule has 5 nitrogen and oxygen atoms in total. The number of carbonyl (C=O) groups excluding carboxylic acids is 3. The Morgan fingerprint density at radius 1 is 1.23 bits per heavy atom. The molecule has 13 heavy (non-hydrogen) atoms. The van der Waals surface area contributed by atoms with Gasteiger partial charge in [0.1, 0.15) is 0 Å². The molecule has 0 spiro atoms. The van der Waals surface area contributed by atoms with Crippen molar-refractivity contribution >= 4 is 17.8 Å². The molecule has 0 aromatic carbocycles. The fraction of sp³-hybridized carbons (Fsp3) is 0.375. The lowest BCUT2D eigenvalue weighted by atomic mass is 10.6. The van der Waals surface area contributed by atoms with Gasteiger partial charge in [-0.2, -0.15) is 0 Å². The molecular weight excluding hydrogens is 174 g/mol. The number of hydrogen-bond donors (Lipinski definition) is 0. The molecule has 0 atom stereocenters. The molecule has 0 aliphatic carbocycles. The van der Waals surface area contributed by atoms with Crippen molar-refractivity contribution < 1.29 is 19.2 Å². The first-order valence-corrected chi connectivity index (χ1v) is 3.86. The second kappa shape index (κ2) is 5.08. The van der Waals surface area contributed by atoms with Crippen molar-refractivity contribution in [2.24, 2.45) is 0 Å². The van der Waals surface area contributed by atoms with Gasteiger partial charge in [-0.3, -0.25) is 9.59 Å². The lowest BCUT2D eigenvalue weighted by Gasteiger charge is -2.09. The van der Waals surface area contributed by atoms with E-state index in [2.05, 4.69) is 4.84 Å². The van der Waals surface area contributed by atoms with E-state index in [0.717, 1.165) is 19.1 Å². The number of amides is 2. The van der Waals surface area contributed by atoms with E-state index in [4.69, 9.17) is 0 Å². The molecule has 1 rings (SSSR count). The van der Waals surface area contributed by atoms with Crippen molar-refractivity contribution in [3.8, 4) is 0 Å². The first-order chi connectivity index (χ1) is 6.11. The van der Waals surface area contributed by atoms with Gasteiger partial charge >= 0.3 is 5.97 Å². The van der Waals surface area contributed by atoms with Gasteiger partial charge in [-0.15, -0.1) is 0 Å². The summed E-state index contributed by atoms with van der Waals surface area (Å²) in [6.45, 7) is 5.11. The summed E-state index contributed by atoms with van der Waals surface area (Å²) in [7, 11) is 0. The fourth-order valence-corrected chi connectivity index (χ4v) is 0.605. The number of rotatable bonds is 1. The van der Waals surface area contributed by atoms with Crippen LogP contribution in [0.4, 0.5) is 0 Å². The van der Waals surface area contributed by atoms with E-state index in [-0.39, 0.29) is 0 Å². The number of carbonyl (C=O) groups is 3. The van der Waals surface area contributed by atoms with Crippen LogP contribution < -0.4 is 0 Å². The minimum absolute atomic E-state index is 0.405. The predicted octanol–water partition coefficient (Wildman–Crippen LogP) is 0.416. The van der Waals surface area contributed by atoms with Crippen LogP contribution in [-0.4, -0.2) is 22.8 Å². The van der Waals surface area contributed by atoms with Crippen LogP contribution in [0.15, 0.2) is 12.2 Å². The average Bonchev–Trinajstić information content (AvgIpc) is 2.39.